The van der Waals surface area contributed by atoms with Crippen LogP contribution in [0.15, 0.2) is 72.3 Å². The number of ether oxygens (including phenoxy) is 2. The molecule has 3 aromatic carbocycles. The van der Waals surface area contributed by atoms with E-state index >= 15 is 0 Å². The normalized spacial score (nSPS) is 16.0. The number of aryl methyl sites for hydroxylation is 2. The van der Waals surface area contributed by atoms with Crippen molar-refractivity contribution in [2.45, 2.75) is 33.4 Å². The van der Waals surface area contributed by atoms with Crippen molar-refractivity contribution in [1.29, 1.82) is 0 Å². The molecule has 1 aromatic heterocycles. The van der Waals surface area contributed by atoms with Crippen LogP contribution in [0.5, 0.6) is 5.75 Å². The molecule has 1 fully saturated rings. The number of ketones is 1. The second-order valence-electron chi connectivity index (χ2n) is 9.73. The minimum Gasteiger partial charge on any atom is -0.507 e. The maximum Gasteiger partial charge on any atom is 0.350 e. The highest BCUT2D eigenvalue weighted by atomic mass is 35.5. The number of thiazole rings is 1. The van der Waals surface area contributed by atoms with Gasteiger partial charge in [-0.25, -0.2) is 9.78 Å². The molecule has 43 heavy (non-hydrogen) atoms. The van der Waals surface area contributed by atoms with Crippen LogP contribution in [0.3, 0.4) is 0 Å². The number of rotatable bonds is 8. The number of anilines is 1. The van der Waals surface area contributed by atoms with Gasteiger partial charge in [-0.1, -0.05) is 70.9 Å². The number of halogens is 2. The number of carbonyl (C=O) groups is 3. The highest BCUT2D eigenvalue weighted by Gasteiger charge is 2.48. The van der Waals surface area contributed by atoms with E-state index in [9.17, 15) is 19.5 Å². The first-order valence-electron chi connectivity index (χ1n) is 13.3. The molecule has 1 aliphatic rings. The SMILES string of the molecule is CCOC(=O)c1sc(N2C(=O)C(=O)/C(=C(/O)c3ccc(OCc4ccccc4)cc3C)[C@H]2c2ccc(Cl)c(Cl)c2)nc1C. The molecule has 0 unspecified atom stereocenters. The quantitative estimate of drug-likeness (QED) is 0.0926. The van der Waals surface area contributed by atoms with E-state index in [0.717, 1.165) is 16.9 Å². The molecule has 8 nitrogen and oxygen atoms in total. The molecular weight excluding hydrogens is 611 g/mol. The Balaban J connectivity index is 1.59. The van der Waals surface area contributed by atoms with Gasteiger partial charge in [-0.3, -0.25) is 14.5 Å². The van der Waals surface area contributed by atoms with Gasteiger partial charge in [0.15, 0.2) is 5.13 Å². The van der Waals surface area contributed by atoms with Crippen molar-refractivity contribution in [2.24, 2.45) is 0 Å². The summed E-state index contributed by atoms with van der Waals surface area (Å²) in [5.41, 5.74) is 2.57. The van der Waals surface area contributed by atoms with Crippen LogP contribution < -0.4 is 9.64 Å². The van der Waals surface area contributed by atoms with Gasteiger partial charge in [0, 0.05) is 5.56 Å². The largest absolute Gasteiger partial charge is 0.507 e. The molecule has 0 saturated carbocycles. The van der Waals surface area contributed by atoms with Crippen LogP contribution in [0.4, 0.5) is 5.13 Å². The van der Waals surface area contributed by atoms with Crippen LogP contribution in [-0.2, 0) is 20.9 Å². The summed E-state index contributed by atoms with van der Waals surface area (Å²) in [4.78, 5) is 45.5. The highest BCUT2D eigenvalue weighted by molar-refractivity contribution is 7.17. The summed E-state index contributed by atoms with van der Waals surface area (Å²) in [7, 11) is 0. The van der Waals surface area contributed by atoms with E-state index in [0.29, 0.717) is 34.7 Å². The summed E-state index contributed by atoms with van der Waals surface area (Å²) < 4.78 is 11.0. The molecule has 5 rings (SSSR count). The number of aromatic nitrogens is 1. The standard InChI is InChI=1S/C32H26Cl2N2O6S/c1-4-41-31(40)29-18(3)35-32(43-29)36-26(20-10-13-23(33)24(34)15-20)25(28(38)30(36)39)27(37)22-12-11-21(14-17(22)2)42-16-19-8-6-5-7-9-19/h5-15,26,37H,4,16H2,1-3H3/b27-25+/t26-/m1/s1. The first-order chi connectivity index (χ1) is 20.6. The topological polar surface area (TPSA) is 106 Å². The van der Waals surface area contributed by atoms with Crippen LogP contribution in [-0.4, -0.2) is 34.4 Å². The van der Waals surface area contributed by atoms with Crippen molar-refractivity contribution in [1.82, 2.24) is 4.98 Å². The molecule has 1 amide bonds. The molecule has 2 heterocycles. The van der Waals surface area contributed by atoms with E-state index in [1.54, 1.807) is 51.1 Å². The summed E-state index contributed by atoms with van der Waals surface area (Å²) in [5, 5.41) is 12.2. The first-order valence-corrected chi connectivity index (χ1v) is 14.9. The zero-order valence-corrected chi connectivity index (χ0v) is 25.7. The number of esters is 1. The van der Waals surface area contributed by atoms with E-state index in [4.69, 9.17) is 32.7 Å². The number of amides is 1. The van der Waals surface area contributed by atoms with Gasteiger partial charge in [0.2, 0.25) is 0 Å². The van der Waals surface area contributed by atoms with Gasteiger partial charge in [-0.05, 0) is 67.8 Å². The fourth-order valence-corrected chi connectivity index (χ4v) is 6.07. The Kier molecular flexibility index (Phi) is 8.87. The summed E-state index contributed by atoms with van der Waals surface area (Å²) in [6.45, 7) is 5.58. The number of aliphatic hydroxyl groups excluding tert-OH is 1. The molecule has 1 aliphatic heterocycles. The summed E-state index contributed by atoms with van der Waals surface area (Å²) >= 11 is 13.4. The molecule has 0 spiro atoms. The minimum absolute atomic E-state index is 0.0964. The molecule has 1 atom stereocenters. The zero-order valence-electron chi connectivity index (χ0n) is 23.4. The van der Waals surface area contributed by atoms with E-state index in [1.165, 1.54) is 11.0 Å². The van der Waals surface area contributed by atoms with Crippen molar-refractivity contribution in [2.75, 3.05) is 11.5 Å². The van der Waals surface area contributed by atoms with E-state index in [2.05, 4.69) is 4.98 Å². The number of Topliss-reactive ketones (excluding diaryl/α,β-unsaturated/α-hetero) is 1. The number of aliphatic hydroxyl groups is 1. The van der Waals surface area contributed by atoms with Crippen LogP contribution in [0, 0.1) is 13.8 Å². The Hall–Kier alpha value is -4.18. The number of benzene rings is 3. The van der Waals surface area contributed by atoms with Crippen molar-refractivity contribution in [3.05, 3.63) is 115 Å². The second kappa shape index (κ2) is 12.6. The molecule has 11 heteroatoms. The lowest BCUT2D eigenvalue weighted by Gasteiger charge is -2.23. The number of hydrogen-bond donors (Lipinski definition) is 1. The molecule has 1 saturated heterocycles. The highest BCUT2D eigenvalue weighted by Crippen LogP contribution is 2.45. The van der Waals surface area contributed by atoms with Gasteiger partial charge in [-0.2, -0.15) is 0 Å². The number of nitrogens with zero attached hydrogens (tertiary/aromatic N) is 2. The lowest BCUT2D eigenvalue weighted by atomic mass is 9.94. The number of hydrogen-bond acceptors (Lipinski definition) is 8. The zero-order chi connectivity index (χ0) is 30.8. The predicted octanol–water partition coefficient (Wildman–Crippen LogP) is 7.45. The van der Waals surface area contributed by atoms with E-state index in [-0.39, 0.29) is 38.0 Å². The minimum atomic E-state index is -1.11. The second-order valence-corrected chi connectivity index (χ2v) is 11.5. The average molecular weight is 638 g/mol. The third-order valence-corrected chi connectivity index (χ3v) is 8.73. The van der Waals surface area contributed by atoms with Crippen molar-refractivity contribution in [3.8, 4) is 5.75 Å². The maximum absolute atomic E-state index is 13.6. The van der Waals surface area contributed by atoms with Gasteiger partial charge in [0.05, 0.1) is 34.0 Å². The van der Waals surface area contributed by atoms with Gasteiger partial charge < -0.3 is 14.6 Å². The molecule has 4 aromatic rings. The summed E-state index contributed by atoms with van der Waals surface area (Å²) in [6.07, 6.45) is 0. The molecule has 1 N–H and O–H groups in total. The third-order valence-electron chi connectivity index (χ3n) is 6.86. The van der Waals surface area contributed by atoms with Gasteiger partial charge >= 0.3 is 11.9 Å². The smallest absolute Gasteiger partial charge is 0.350 e. The predicted molar refractivity (Wildman–Crippen MR) is 166 cm³/mol. The molecule has 220 valence electrons. The Morgan fingerprint density at radius 2 is 1.77 bits per heavy atom. The Morgan fingerprint density at radius 3 is 2.44 bits per heavy atom. The van der Waals surface area contributed by atoms with E-state index < -0.39 is 23.7 Å². The first kappa shape index (κ1) is 30.3. The van der Waals surface area contributed by atoms with Crippen LogP contribution >= 0.6 is 34.5 Å². The van der Waals surface area contributed by atoms with Crippen LogP contribution in [0.1, 0.15) is 50.6 Å². The summed E-state index contributed by atoms with van der Waals surface area (Å²) in [6, 6.07) is 18.3. The Labute approximate surface area is 262 Å². The fourth-order valence-electron chi connectivity index (χ4n) is 4.78. The van der Waals surface area contributed by atoms with Gasteiger partial charge in [0.25, 0.3) is 5.78 Å². The lowest BCUT2D eigenvalue weighted by molar-refractivity contribution is -0.132. The van der Waals surface area contributed by atoms with Crippen LogP contribution in [0.25, 0.3) is 5.76 Å². The average Bonchev–Trinajstić information content (AvgIpc) is 3.50. The Bertz CT molecular complexity index is 1770. The summed E-state index contributed by atoms with van der Waals surface area (Å²) in [5.74, 6) is -2.21. The van der Waals surface area contributed by atoms with Gasteiger partial charge in [-0.15, -0.1) is 0 Å². The fraction of sp³-hybridized carbons (Fsp3) is 0.188. The molecular formula is C32H26Cl2N2O6S. The number of carbonyl (C=O) groups excluding carboxylic acids is 3. The molecule has 0 bridgehead atoms. The Morgan fingerprint density at radius 1 is 1.02 bits per heavy atom. The third kappa shape index (κ3) is 6.01. The van der Waals surface area contributed by atoms with E-state index in [1.807, 2.05) is 30.3 Å². The van der Waals surface area contributed by atoms with Crippen molar-refractivity contribution in [3.63, 3.8) is 0 Å². The van der Waals surface area contributed by atoms with Crippen LogP contribution in [0.2, 0.25) is 10.0 Å². The molecule has 0 aliphatic carbocycles. The monoisotopic (exact) mass is 636 g/mol. The van der Waals surface area contributed by atoms with Crippen molar-refractivity contribution >= 4 is 63.1 Å². The maximum atomic E-state index is 13.6. The van der Waals surface area contributed by atoms with Crippen molar-refractivity contribution < 1.29 is 29.0 Å². The lowest BCUT2D eigenvalue weighted by Crippen LogP contribution is -2.29. The van der Waals surface area contributed by atoms with Gasteiger partial charge in [0.1, 0.15) is 23.0 Å². The molecule has 0 radical (unpaired) electrons.